The van der Waals surface area contributed by atoms with Crippen molar-refractivity contribution in [3.63, 3.8) is 0 Å². The van der Waals surface area contributed by atoms with Crippen LogP contribution in [0, 0.1) is 0 Å². The summed E-state index contributed by atoms with van der Waals surface area (Å²) < 4.78 is 13.3. The van der Waals surface area contributed by atoms with Crippen molar-refractivity contribution in [1.82, 2.24) is 19.9 Å². The standard InChI is InChI=1S/C18H20N4O3/c1-2-8-24-15-5-3-4-13(9-15)18(23)21-7-6-17-16(11-21)22-14(12-25-17)10-19-20-22/h2-5,9-10,16-17H,1,6-8,11-12H2/t16-,17-/m1/s1. The molecular weight excluding hydrogens is 320 g/mol. The Kier molecular flexibility index (Phi) is 4.23. The molecule has 0 aliphatic carbocycles. The van der Waals surface area contributed by atoms with Gasteiger partial charge >= 0.3 is 0 Å². The lowest BCUT2D eigenvalue weighted by Gasteiger charge is -2.41. The normalized spacial score (nSPS) is 22.0. The highest BCUT2D eigenvalue weighted by Gasteiger charge is 2.38. The number of aromatic nitrogens is 3. The number of carbonyl (C=O) groups excluding carboxylic acids is 1. The molecule has 7 nitrogen and oxygen atoms in total. The lowest BCUT2D eigenvalue weighted by molar-refractivity contribution is -0.0605. The molecule has 130 valence electrons. The molecule has 1 saturated heterocycles. The first-order valence-corrected chi connectivity index (χ1v) is 8.40. The zero-order valence-electron chi connectivity index (χ0n) is 13.9. The number of benzene rings is 1. The molecule has 0 N–H and O–H groups in total. The maximum absolute atomic E-state index is 12.9. The molecule has 2 atom stereocenters. The maximum Gasteiger partial charge on any atom is 0.254 e. The Morgan fingerprint density at radius 1 is 1.48 bits per heavy atom. The Bertz CT molecular complexity index is 788. The van der Waals surface area contributed by atoms with Crippen molar-refractivity contribution in [2.45, 2.75) is 25.2 Å². The topological polar surface area (TPSA) is 69.5 Å². The van der Waals surface area contributed by atoms with Crippen LogP contribution in [0.1, 0.15) is 28.5 Å². The van der Waals surface area contributed by atoms with Gasteiger partial charge in [-0.1, -0.05) is 23.9 Å². The fourth-order valence-electron chi connectivity index (χ4n) is 3.42. The fourth-order valence-corrected chi connectivity index (χ4v) is 3.42. The van der Waals surface area contributed by atoms with Crippen LogP contribution in [0.2, 0.25) is 0 Å². The van der Waals surface area contributed by atoms with Gasteiger partial charge in [0.1, 0.15) is 12.4 Å². The van der Waals surface area contributed by atoms with E-state index in [1.165, 1.54) is 0 Å². The number of carbonyl (C=O) groups is 1. The Morgan fingerprint density at radius 2 is 2.40 bits per heavy atom. The van der Waals surface area contributed by atoms with Crippen molar-refractivity contribution in [3.05, 3.63) is 54.4 Å². The van der Waals surface area contributed by atoms with E-state index >= 15 is 0 Å². The van der Waals surface area contributed by atoms with Gasteiger partial charge in [0.2, 0.25) is 0 Å². The van der Waals surface area contributed by atoms with E-state index in [0.29, 0.717) is 37.6 Å². The highest BCUT2D eigenvalue weighted by atomic mass is 16.5. The minimum absolute atomic E-state index is 0.00487. The number of hydrogen-bond donors (Lipinski definition) is 0. The smallest absolute Gasteiger partial charge is 0.254 e. The van der Waals surface area contributed by atoms with E-state index in [0.717, 1.165) is 12.1 Å². The van der Waals surface area contributed by atoms with Gasteiger partial charge in [0, 0.05) is 18.7 Å². The van der Waals surface area contributed by atoms with Gasteiger partial charge in [-0.3, -0.25) is 4.79 Å². The number of ether oxygens (including phenoxy) is 2. The van der Waals surface area contributed by atoms with Gasteiger partial charge in [-0.2, -0.15) is 0 Å². The van der Waals surface area contributed by atoms with E-state index in [2.05, 4.69) is 16.9 Å². The van der Waals surface area contributed by atoms with Crippen molar-refractivity contribution in [3.8, 4) is 5.75 Å². The Hall–Kier alpha value is -2.67. The van der Waals surface area contributed by atoms with Crippen LogP contribution in [0.3, 0.4) is 0 Å². The second-order valence-corrected chi connectivity index (χ2v) is 6.25. The Balaban J connectivity index is 1.51. The Morgan fingerprint density at radius 3 is 3.28 bits per heavy atom. The Labute approximate surface area is 145 Å². The zero-order chi connectivity index (χ0) is 17.2. The molecule has 0 radical (unpaired) electrons. The lowest BCUT2D eigenvalue weighted by atomic mass is 9.99. The maximum atomic E-state index is 12.9. The van der Waals surface area contributed by atoms with E-state index in [1.807, 2.05) is 27.8 Å². The first kappa shape index (κ1) is 15.8. The van der Waals surface area contributed by atoms with Crippen LogP contribution in [-0.4, -0.2) is 51.6 Å². The number of fused-ring (bicyclic) bond motifs is 3. The predicted molar refractivity (Wildman–Crippen MR) is 90.3 cm³/mol. The SMILES string of the molecule is C=CCOc1cccc(C(=O)N2CC[C@H]3OCc4cnnn4[C@@H]3C2)c1. The molecule has 0 bridgehead atoms. The summed E-state index contributed by atoms with van der Waals surface area (Å²) >= 11 is 0. The average Bonchev–Trinajstić information content (AvgIpc) is 3.15. The highest BCUT2D eigenvalue weighted by Crippen LogP contribution is 2.30. The van der Waals surface area contributed by atoms with E-state index in [1.54, 1.807) is 18.3 Å². The first-order chi connectivity index (χ1) is 12.3. The summed E-state index contributed by atoms with van der Waals surface area (Å²) in [6.45, 7) is 5.82. The first-order valence-electron chi connectivity index (χ1n) is 8.40. The molecule has 25 heavy (non-hydrogen) atoms. The third-order valence-corrected chi connectivity index (χ3v) is 4.66. The number of amides is 1. The van der Waals surface area contributed by atoms with Crippen LogP contribution < -0.4 is 4.74 Å². The minimum Gasteiger partial charge on any atom is -0.490 e. The summed E-state index contributed by atoms with van der Waals surface area (Å²) in [6.07, 6.45) is 4.28. The largest absolute Gasteiger partial charge is 0.490 e. The number of nitrogens with zero attached hydrogens (tertiary/aromatic N) is 4. The summed E-state index contributed by atoms with van der Waals surface area (Å²) in [5.41, 5.74) is 1.57. The summed E-state index contributed by atoms with van der Waals surface area (Å²) in [5, 5.41) is 8.14. The molecule has 2 aliphatic heterocycles. The number of piperidine rings is 1. The predicted octanol–water partition coefficient (Wildman–Crippen LogP) is 1.83. The molecule has 2 aliphatic rings. The quantitative estimate of drug-likeness (QED) is 0.794. The van der Waals surface area contributed by atoms with Crippen LogP contribution >= 0.6 is 0 Å². The summed E-state index contributed by atoms with van der Waals surface area (Å²) in [6, 6.07) is 7.27. The van der Waals surface area contributed by atoms with E-state index in [-0.39, 0.29) is 18.1 Å². The van der Waals surface area contributed by atoms with Crippen LogP contribution in [0.25, 0.3) is 0 Å². The van der Waals surface area contributed by atoms with E-state index < -0.39 is 0 Å². The van der Waals surface area contributed by atoms with Crippen LogP contribution in [0.5, 0.6) is 5.75 Å². The molecule has 0 saturated carbocycles. The summed E-state index contributed by atoms with van der Waals surface area (Å²) in [4.78, 5) is 14.8. The average molecular weight is 340 g/mol. The minimum atomic E-state index is -0.00487. The van der Waals surface area contributed by atoms with Gasteiger partial charge in [0.15, 0.2) is 0 Å². The third kappa shape index (κ3) is 3.02. The van der Waals surface area contributed by atoms with Gasteiger partial charge in [-0.25, -0.2) is 4.68 Å². The van der Waals surface area contributed by atoms with Crippen molar-refractivity contribution in [2.24, 2.45) is 0 Å². The molecule has 0 unspecified atom stereocenters. The molecule has 7 heteroatoms. The number of likely N-dealkylation sites (tertiary alicyclic amines) is 1. The van der Waals surface area contributed by atoms with Crippen LogP contribution in [0.15, 0.2) is 43.1 Å². The van der Waals surface area contributed by atoms with Crippen molar-refractivity contribution in [2.75, 3.05) is 19.7 Å². The van der Waals surface area contributed by atoms with Crippen LogP contribution in [-0.2, 0) is 11.3 Å². The molecule has 1 fully saturated rings. The van der Waals surface area contributed by atoms with E-state index in [9.17, 15) is 4.79 Å². The second-order valence-electron chi connectivity index (χ2n) is 6.25. The molecular formula is C18H20N4O3. The van der Waals surface area contributed by atoms with Crippen molar-refractivity contribution in [1.29, 1.82) is 0 Å². The summed E-state index contributed by atoms with van der Waals surface area (Å²) in [7, 11) is 0. The number of rotatable bonds is 4. The molecule has 1 aromatic heterocycles. The van der Waals surface area contributed by atoms with Crippen LogP contribution in [0.4, 0.5) is 0 Å². The van der Waals surface area contributed by atoms with Gasteiger partial charge in [-0.05, 0) is 24.6 Å². The highest BCUT2D eigenvalue weighted by molar-refractivity contribution is 5.94. The molecule has 2 aromatic rings. The molecule has 1 amide bonds. The van der Waals surface area contributed by atoms with Gasteiger partial charge in [-0.15, -0.1) is 5.10 Å². The van der Waals surface area contributed by atoms with Crippen molar-refractivity contribution < 1.29 is 14.3 Å². The fraction of sp³-hybridized carbons (Fsp3) is 0.389. The van der Waals surface area contributed by atoms with Gasteiger partial charge in [0.25, 0.3) is 5.91 Å². The number of hydrogen-bond acceptors (Lipinski definition) is 5. The van der Waals surface area contributed by atoms with Gasteiger partial charge in [0.05, 0.1) is 30.6 Å². The second kappa shape index (κ2) is 6.68. The molecule has 4 rings (SSSR count). The van der Waals surface area contributed by atoms with Crippen molar-refractivity contribution >= 4 is 5.91 Å². The van der Waals surface area contributed by atoms with E-state index in [4.69, 9.17) is 9.47 Å². The molecule has 1 aromatic carbocycles. The monoisotopic (exact) mass is 340 g/mol. The third-order valence-electron chi connectivity index (χ3n) is 4.66. The molecule has 3 heterocycles. The zero-order valence-corrected chi connectivity index (χ0v) is 13.9. The lowest BCUT2D eigenvalue weighted by Crippen LogP contribution is -2.49. The van der Waals surface area contributed by atoms with Gasteiger partial charge < -0.3 is 14.4 Å². The summed E-state index contributed by atoms with van der Waals surface area (Å²) in [5.74, 6) is 0.662. The molecule has 0 spiro atoms.